The van der Waals surface area contributed by atoms with Crippen LogP contribution in [0.15, 0.2) is 209 Å². The van der Waals surface area contributed by atoms with Gasteiger partial charge in [0.2, 0.25) is 0 Å². The topological polar surface area (TPSA) is 65.0 Å². The number of fused-ring (bicyclic) bond motifs is 9. The van der Waals surface area contributed by atoms with Crippen molar-refractivity contribution < 1.29 is 8.83 Å². The Bertz CT molecular complexity index is 3880. The first-order valence-electron chi connectivity index (χ1n) is 22.1. The van der Waals surface area contributed by atoms with Crippen molar-refractivity contribution in [3.05, 3.63) is 211 Å². The average molecular weight is 834 g/mol. The van der Waals surface area contributed by atoms with Crippen molar-refractivity contribution in [3.63, 3.8) is 0 Å². The molecule has 3 aromatic heterocycles. The normalized spacial score (nSPS) is 12.9. The highest BCUT2D eigenvalue weighted by atomic mass is 16.3. The van der Waals surface area contributed by atoms with Crippen LogP contribution in [0.2, 0.25) is 0 Å². The molecule has 0 bridgehead atoms. The number of nitrogens with zero attached hydrogens (tertiary/aromatic N) is 3. The lowest BCUT2D eigenvalue weighted by atomic mass is 9.81. The SMILES string of the molecule is CC1(C)c2cc(-c3cccc(-c4cccc5oc6ccccc6c45)c3)ccc2-c2ccc(-c3nc(-c4ccccc4)nc(-c4cccc(-c5cccc6oc7ccccc7c56)c4)n3)cc21. The van der Waals surface area contributed by atoms with Gasteiger partial charge in [0.15, 0.2) is 17.5 Å². The van der Waals surface area contributed by atoms with Crippen molar-refractivity contribution in [3.8, 4) is 78.7 Å². The van der Waals surface area contributed by atoms with Crippen LogP contribution in [0.25, 0.3) is 123 Å². The van der Waals surface area contributed by atoms with Gasteiger partial charge in [-0.3, -0.25) is 0 Å². The van der Waals surface area contributed by atoms with Crippen LogP contribution in [0.5, 0.6) is 0 Å². The molecule has 0 saturated carbocycles. The van der Waals surface area contributed by atoms with Crippen LogP contribution in [0, 0.1) is 0 Å². The molecule has 65 heavy (non-hydrogen) atoms. The van der Waals surface area contributed by atoms with E-state index in [2.05, 4.69) is 166 Å². The molecule has 1 aliphatic carbocycles. The third-order valence-electron chi connectivity index (χ3n) is 13.3. The quantitative estimate of drug-likeness (QED) is 0.167. The van der Waals surface area contributed by atoms with Crippen LogP contribution in [-0.4, -0.2) is 15.0 Å². The highest BCUT2D eigenvalue weighted by Gasteiger charge is 2.36. The lowest BCUT2D eigenvalue weighted by molar-refractivity contribution is 0.660. The van der Waals surface area contributed by atoms with E-state index in [4.69, 9.17) is 23.8 Å². The molecule has 0 atom stereocenters. The summed E-state index contributed by atoms with van der Waals surface area (Å²) < 4.78 is 12.5. The molecule has 0 amide bonds. The van der Waals surface area contributed by atoms with E-state index in [1.807, 2.05) is 48.5 Å². The molecule has 0 radical (unpaired) electrons. The molecule has 5 nitrogen and oxygen atoms in total. The molecule has 3 heterocycles. The Balaban J connectivity index is 0.883. The Morgan fingerprint density at radius 2 is 0.708 bits per heavy atom. The van der Waals surface area contributed by atoms with E-state index in [0.29, 0.717) is 17.5 Å². The minimum Gasteiger partial charge on any atom is -0.456 e. The molecule has 0 aliphatic heterocycles. The van der Waals surface area contributed by atoms with Crippen molar-refractivity contribution in [1.82, 2.24) is 15.0 Å². The minimum absolute atomic E-state index is 0.277. The van der Waals surface area contributed by atoms with E-state index < -0.39 is 0 Å². The first kappa shape index (κ1) is 37.2. The summed E-state index contributed by atoms with van der Waals surface area (Å²) in [6.45, 7) is 4.66. The average Bonchev–Trinajstić information content (AvgIpc) is 4.01. The fourth-order valence-corrected chi connectivity index (χ4v) is 10.1. The molecule has 306 valence electrons. The Labute approximate surface area is 375 Å². The van der Waals surface area contributed by atoms with Gasteiger partial charge >= 0.3 is 0 Å². The number of aromatic nitrogens is 3. The Morgan fingerprint density at radius 3 is 1.31 bits per heavy atom. The van der Waals surface area contributed by atoms with Gasteiger partial charge < -0.3 is 8.83 Å². The summed E-state index contributed by atoms with van der Waals surface area (Å²) in [4.78, 5) is 15.5. The van der Waals surface area contributed by atoms with Gasteiger partial charge in [-0.05, 0) is 104 Å². The zero-order valence-corrected chi connectivity index (χ0v) is 35.7. The van der Waals surface area contributed by atoms with Crippen LogP contribution < -0.4 is 0 Å². The monoisotopic (exact) mass is 833 g/mol. The summed E-state index contributed by atoms with van der Waals surface area (Å²) in [5.41, 5.74) is 18.0. The lowest BCUT2D eigenvalue weighted by Crippen LogP contribution is -2.15. The number of hydrogen-bond acceptors (Lipinski definition) is 5. The van der Waals surface area contributed by atoms with Gasteiger partial charge in [-0.15, -0.1) is 0 Å². The predicted molar refractivity (Wildman–Crippen MR) is 265 cm³/mol. The van der Waals surface area contributed by atoms with Gasteiger partial charge in [0, 0.05) is 43.7 Å². The Kier molecular flexibility index (Phi) is 8.18. The van der Waals surface area contributed by atoms with E-state index in [1.54, 1.807) is 0 Å². The third-order valence-corrected chi connectivity index (χ3v) is 13.3. The summed E-state index contributed by atoms with van der Waals surface area (Å²) in [5.74, 6) is 1.88. The van der Waals surface area contributed by atoms with Crippen molar-refractivity contribution in [2.75, 3.05) is 0 Å². The second kappa shape index (κ2) is 14.3. The molecule has 13 rings (SSSR count). The van der Waals surface area contributed by atoms with E-state index in [9.17, 15) is 0 Å². The molecule has 0 saturated heterocycles. The zero-order valence-electron chi connectivity index (χ0n) is 35.7. The van der Waals surface area contributed by atoms with Gasteiger partial charge in [-0.1, -0.05) is 166 Å². The second-order valence-corrected chi connectivity index (χ2v) is 17.5. The number of benzene rings is 9. The molecular formula is C60H39N3O2. The van der Waals surface area contributed by atoms with Crippen molar-refractivity contribution in [2.24, 2.45) is 0 Å². The molecule has 5 heteroatoms. The number of rotatable bonds is 6. The van der Waals surface area contributed by atoms with Gasteiger partial charge in [0.25, 0.3) is 0 Å². The maximum absolute atomic E-state index is 6.26. The standard InChI is InChI=1S/C60H39N3O2/c1-60(2)49-34-38(37-16-10-17-39(32-37)43-22-12-26-53-55(43)47-20-6-8-24-51(47)64-53)28-30-45(49)46-31-29-42(35-50(46)60)59-62-57(36-14-4-3-5-15-36)61-58(63-59)41-19-11-18-40(33-41)44-23-13-27-54-56(44)48-21-7-9-25-52(48)65-54/h3-35H,1-2H3. The van der Waals surface area contributed by atoms with Gasteiger partial charge in [-0.2, -0.15) is 0 Å². The van der Waals surface area contributed by atoms with Crippen molar-refractivity contribution in [1.29, 1.82) is 0 Å². The van der Waals surface area contributed by atoms with Crippen LogP contribution >= 0.6 is 0 Å². The molecule has 12 aromatic rings. The molecule has 9 aromatic carbocycles. The van der Waals surface area contributed by atoms with Crippen molar-refractivity contribution in [2.45, 2.75) is 19.3 Å². The first-order chi connectivity index (χ1) is 31.9. The molecule has 0 unspecified atom stereocenters. The number of hydrogen-bond donors (Lipinski definition) is 0. The zero-order chi connectivity index (χ0) is 43.2. The van der Waals surface area contributed by atoms with E-state index >= 15 is 0 Å². The minimum atomic E-state index is -0.277. The predicted octanol–water partition coefficient (Wildman–Crippen LogP) is 16.0. The Hall–Kier alpha value is -8.41. The number of furan rings is 2. The summed E-state index contributed by atoms with van der Waals surface area (Å²) >= 11 is 0. The largest absolute Gasteiger partial charge is 0.456 e. The van der Waals surface area contributed by atoms with Crippen LogP contribution in [0.4, 0.5) is 0 Å². The maximum Gasteiger partial charge on any atom is 0.164 e. The summed E-state index contributed by atoms with van der Waals surface area (Å²) in [6.07, 6.45) is 0. The van der Waals surface area contributed by atoms with E-state index in [-0.39, 0.29) is 5.41 Å². The van der Waals surface area contributed by atoms with Crippen LogP contribution in [0.3, 0.4) is 0 Å². The fourth-order valence-electron chi connectivity index (χ4n) is 10.1. The van der Waals surface area contributed by atoms with Crippen molar-refractivity contribution >= 4 is 43.9 Å². The highest BCUT2D eigenvalue weighted by molar-refractivity contribution is 6.13. The first-order valence-corrected chi connectivity index (χ1v) is 22.1. The third kappa shape index (κ3) is 5.97. The molecule has 0 spiro atoms. The molecule has 0 fully saturated rings. The number of para-hydroxylation sites is 2. The summed E-state index contributed by atoms with van der Waals surface area (Å²) in [6, 6.07) is 70.3. The highest BCUT2D eigenvalue weighted by Crippen LogP contribution is 2.51. The van der Waals surface area contributed by atoms with Gasteiger partial charge in [0.1, 0.15) is 22.3 Å². The van der Waals surface area contributed by atoms with E-state index in [0.717, 1.165) is 77.3 Å². The molecular weight excluding hydrogens is 795 g/mol. The fraction of sp³-hybridized carbons (Fsp3) is 0.0500. The maximum atomic E-state index is 6.26. The van der Waals surface area contributed by atoms with Gasteiger partial charge in [0.05, 0.1) is 0 Å². The van der Waals surface area contributed by atoms with Crippen LogP contribution in [0.1, 0.15) is 25.0 Å². The van der Waals surface area contributed by atoms with Gasteiger partial charge in [-0.25, -0.2) is 15.0 Å². The van der Waals surface area contributed by atoms with E-state index in [1.165, 1.54) is 38.9 Å². The smallest absolute Gasteiger partial charge is 0.164 e. The summed E-state index contributed by atoms with van der Waals surface area (Å²) in [5, 5.41) is 4.47. The van der Waals surface area contributed by atoms with Crippen LogP contribution in [-0.2, 0) is 5.41 Å². The summed E-state index contributed by atoms with van der Waals surface area (Å²) in [7, 11) is 0. The molecule has 1 aliphatic rings. The lowest BCUT2D eigenvalue weighted by Gasteiger charge is -2.22. The molecule has 0 N–H and O–H groups in total. The Morgan fingerprint density at radius 1 is 0.308 bits per heavy atom. The second-order valence-electron chi connectivity index (χ2n) is 17.5.